The summed E-state index contributed by atoms with van der Waals surface area (Å²) in [6, 6.07) is 5.01. The monoisotopic (exact) mass is 299 g/mol. The summed E-state index contributed by atoms with van der Waals surface area (Å²) in [5.41, 5.74) is 1.16. The second-order valence-electron chi connectivity index (χ2n) is 3.14. The highest BCUT2D eigenvalue weighted by Crippen LogP contribution is 2.29. The number of aromatic nitrogens is 1. The molecule has 2 rings (SSSR count). The van der Waals surface area contributed by atoms with Gasteiger partial charge in [0.25, 0.3) is 0 Å². The van der Waals surface area contributed by atoms with Crippen LogP contribution in [0.3, 0.4) is 0 Å². The van der Waals surface area contributed by atoms with E-state index >= 15 is 0 Å². The van der Waals surface area contributed by atoms with Gasteiger partial charge >= 0.3 is 5.97 Å². The highest BCUT2D eigenvalue weighted by atomic mass is 79.9. The minimum atomic E-state index is -0.400. The highest BCUT2D eigenvalue weighted by Gasteiger charge is 2.11. The largest absolute Gasteiger partial charge is 0.465 e. The average molecular weight is 301 g/mol. The van der Waals surface area contributed by atoms with Gasteiger partial charge in [-0.2, -0.15) is 0 Å². The predicted molar refractivity (Wildman–Crippen MR) is 65.8 cm³/mol. The minimum Gasteiger partial charge on any atom is -0.465 e. The Balaban J connectivity index is 2.75. The van der Waals surface area contributed by atoms with Gasteiger partial charge < -0.3 is 4.74 Å². The van der Waals surface area contributed by atoms with Gasteiger partial charge in [-0.05, 0) is 34.1 Å². The van der Waals surface area contributed by atoms with Crippen molar-refractivity contribution in [2.45, 2.75) is 0 Å². The highest BCUT2D eigenvalue weighted by molar-refractivity contribution is 9.10. The number of esters is 1. The summed E-state index contributed by atoms with van der Waals surface area (Å²) in [6.07, 6.45) is 1.62. The topological polar surface area (TPSA) is 39.2 Å². The third kappa shape index (κ3) is 1.90. The molecule has 5 heteroatoms. The van der Waals surface area contributed by atoms with Crippen molar-refractivity contribution in [1.82, 2.24) is 4.98 Å². The van der Waals surface area contributed by atoms with Crippen LogP contribution in [0.1, 0.15) is 10.4 Å². The molecule has 3 nitrogen and oxygen atoms in total. The van der Waals surface area contributed by atoms with E-state index in [2.05, 4.69) is 25.7 Å². The molecule has 0 bridgehead atoms. The maximum atomic E-state index is 11.4. The van der Waals surface area contributed by atoms with Crippen molar-refractivity contribution < 1.29 is 9.53 Å². The molecule has 0 aliphatic carbocycles. The fraction of sp³-hybridized carbons (Fsp3) is 0.0909. The third-order valence-electron chi connectivity index (χ3n) is 2.17. The molecule has 1 aromatic heterocycles. The Kier molecular flexibility index (Phi) is 3.12. The van der Waals surface area contributed by atoms with Gasteiger partial charge in [0.2, 0.25) is 0 Å². The fourth-order valence-corrected chi connectivity index (χ4v) is 2.18. The zero-order chi connectivity index (χ0) is 11.7. The predicted octanol–water partition coefficient (Wildman–Crippen LogP) is 3.44. The Morgan fingerprint density at radius 1 is 1.50 bits per heavy atom. The van der Waals surface area contributed by atoms with Crippen molar-refractivity contribution in [3.05, 3.63) is 39.5 Å². The van der Waals surface area contributed by atoms with Gasteiger partial charge in [0.05, 0.1) is 23.2 Å². The van der Waals surface area contributed by atoms with E-state index in [4.69, 9.17) is 11.6 Å². The molecule has 16 heavy (non-hydrogen) atoms. The number of hydrogen-bond acceptors (Lipinski definition) is 3. The van der Waals surface area contributed by atoms with Crippen molar-refractivity contribution in [3.63, 3.8) is 0 Å². The number of fused-ring (bicyclic) bond motifs is 1. The van der Waals surface area contributed by atoms with E-state index in [-0.39, 0.29) is 0 Å². The van der Waals surface area contributed by atoms with Gasteiger partial charge in [-0.1, -0.05) is 11.6 Å². The maximum Gasteiger partial charge on any atom is 0.337 e. The molecule has 0 fully saturated rings. The summed E-state index contributed by atoms with van der Waals surface area (Å²) in [7, 11) is 1.34. The first-order valence-corrected chi connectivity index (χ1v) is 5.62. The molecule has 1 aromatic carbocycles. The van der Waals surface area contributed by atoms with Crippen LogP contribution in [0, 0.1) is 0 Å². The van der Waals surface area contributed by atoms with E-state index in [9.17, 15) is 4.79 Å². The van der Waals surface area contributed by atoms with E-state index in [1.165, 1.54) is 7.11 Å². The van der Waals surface area contributed by atoms with Crippen LogP contribution in [-0.4, -0.2) is 18.1 Å². The first-order valence-electron chi connectivity index (χ1n) is 4.45. The van der Waals surface area contributed by atoms with Gasteiger partial charge in [-0.3, -0.25) is 4.98 Å². The molecule has 0 N–H and O–H groups in total. The molecule has 0 aliphatic heterocycles. The number of carbonyl (C=O) groups is 1. The SMILES string of the molecule is COC(=O)c1cc(Br)c2nccc(Cl)c2c1. The third-order valence-corrected chi connectivity index (χ3v) is 3.10. The van der Waals surface area contributed by atoms with Crippen LogP contribution >= 0.6 is 27.5 Å². The van der Waals surface area contributed by atoms with Crippen LogP contribution in [0.4, 0.5) is 0 Å². The zero-order valence-electron chi connectivity index (χ0n) is 8.33. The quantitative estimate of drug-likeness (QED) is 0.757. The summed E-state index contributed by atoms with van der Waals surface area (Å²) in [5, 5.41) is 1.27. The second kappa shape index (κ2) is 4.39. The summed E-state index contributed by atoms with van der Waals surface area (Å²) in [5.74, 6) is -0.400. The van der Waals surface area contributed by atoms with Crippen molar-refractivity contribution >= 4 is 44.4 Å². The van der Waals surface area contributed by atoms with Gasteiger partial charge in [0.15, 0.2) is 0 Å². The van der Waals surface area contributed by atoms with Crippen molar-refractivity contribution in [2.24, 2.45) is 0 Å². The van der Waals surface area contributed by atoms with Crippen LogP contribution in [0.2, 0.25) is 5.02 Å². The maximum absolute atomic E-state index is 11.4. The molecule has 0 unspecified atom stereocenters. The zero-order valence-corrected chi connectivity index (χ0v) is 10.7. The number of halogens is 2. The Morgan fingerprint density at radius 2 is 2.25 bits per heavy atom. The molecule has 1 heterocycles. The number of ether oxygens (including phenoxy) is 1. The van der Waals surface area contributed by atoms with Crippen molar-refractivity contribution in [2.75, 3.05) is 7.11 Å². The normalized spacial score (nSPS) is 10.4. The lowest BCUT2D eigenvalue weighted by Crippen LogP contribution is -2.01. The fourth-order valence-electron chi connectivity index (χ4n) is 1.42. The minimum absolute atomic E-state index is 0.400. The molecule has 82 valence electrons. The Morgan fingerprint density at radius 3 is 2.94 bits per heavy atom. The lowest BCUT2D eigenvalue weighted by molar-refractivity contribution is 0.0601. The van der Waals surface area contributed by atoms with E-state index in [0.717, 1.165) is 10.9 Å². The van der Waals surface area contributed by atoms with Gasteiger partial charge in [-0.25, -0.2) is 4.79 Å². The first-order chi connectivity index (χ1) is 7.63. The Hall–Kier alpha value is -1.13. The summed E-state index contributed by atoms with van der Waals surface area (Å²) in [6.45, 7) is 0. The molecule has 0 saturated carbocycles. The number of pyridine rings is 1. The molecule has 0 spiro atoms. The van der Waals surface area contributed by atoms with E-state index < -0.39 is 5.97 Å². The van der Waals surface area contributed by atoms with E-state index in [1.807, 2.05) is 0 Å². The second-order valence-corrected chi connectivity index (χ2v) is 4.40. The molecule has 0 saturated heterocycles. The molecule has 2 aromatic rings. The summed E-state index contributed by atoms with van der Waals surface area (Å²) < 4.78 is 5.37. The van der Waals surface area contributed by atoms with E-state index in [0.29, 0.717) is 15.1 Å². The summed E-state index contributed by atoms with van der Waals surface area (Å²) in [4.78, 5) is 15.6. The Labute approximate surface area is 106 Å². The number of hydrogen-bond donors (Lipinski definition) is 0. The van der Waals surface area contributed by atoms with Crippen LogP contribution < -0.4 is 0 Å². The molecule has 0 radical (unpaired) electrons. The molecule has 0 amide bonds. The number of rotatable bonds is 1. The molecule has 0 atom stereocenters. The number of carbonyl (C=O) groups excluding carboxylic acids is 1. The van der Waals surface area contributed by atoms with Gasteiger partial charge in [0.1, 0.15) is 0 Å². The van der Waals surface area contributed by atoms with Crippen molar-refractivity contribution in [3.8, 4) is 0 Å². The van der Waals surface area contributed by atoms with Crippen LogP contribution in [-0.2, 0) is 4.74 Å². The smallest absolute Gasteiger partial charge is 0.337 e. The molecular formula is C11H7BrClNO2. The molecule has 0 aliphatic rings. The van der Waals surface area contributed by atoms with Crippen molar-refractivity contribution in [1.29, 1.82) is 0 Å². The van der Waals surface area contributed by atoms with E-state index in [1.54, 1.807) is 24.4 Å². The number of nitrogens with zero attached hydrogens (tertiary/aromatic N) is 1. The first kappa shape index (κ1) is 11.4. The molecular weight excluding hydrogens is 293 g/mol. The number of methoxy groups -OCH3 is 1. The van der Waals surface area contributed by atoms with Crippen LogP contribution in [0.15, 0.2) is 28.9 Å². The summed E-state index contributed by atoms with van der Waals surface area (Å²) >= 11 is 9.39. The lowest BCUT2D eigenvalue weighted by atomic mass is 10.1. The standard InChI is InChI=1S/C11H7BrClNO2/c1-16-11(15)6-4-7-9(13)2-3-14-10(7)8(12)5-6/h2-5H,1H3. The Bertz CT molecular complexity index is 571. The number of benzene rings is 1. The van der Waals surface area contributed by atoms with Crippen LogP contribution in [0.5, 0.6) is 0 Å². The lowest BCUT2D eigenvalue weighted by Gasteiger charge is -2.05. The van der Waals surface area contributed by atoms with Crippen LogP contribution in [0.25, 0.3) is 10.9 Å². The average Bonchev–Trinajstić information content (AvgIpc) is 2.29. The van der Waals surface area contributed by atoms with Gasteiger partial charge in [-0.15, -0.1) is 0 Å². The van der Waals surface area contributed by atoms with Gasteiger partial charge in [0, 0.05) is 16.1 Å².